The van der Waals surface area contributed by atoms with Gasteiger partial charge in [0, 0.05) is 0 Å². The molecule has 0 saturated heterocycles. The second-order valence-electron chi connectivity index (χ2n) is 3.15. The molecule has 0 unspecified atom stereocenters. The molecule has 0 fully saturated rings. The van der Waals surface area contributed by atoms with Crippen molar-refractivity contribution in [2.45, 2.75) is 0 Å². The molecule has 2 aromatic heterocycles. The van der Waals surface area contributed by atoms with E-state index in [4.69, 9.17) is 0 Å². The van der Waals surface area contributed by atoms with E-state index in [2.05, 4.69) is 13.2 Å². The highest BCUT2D eigenvalue weighted by atomic mass is 32.1. The van der Waals surface area contributed by atoms with Gasteiger partial charge in [0.1, 0.15) is 0 Å². The minimum atomic E-state index is 0.0646. The molecule has 0 saturated carbocycles. The van der Waals surface area contributed by atoms with Crippen molar-refractivity contribution >= 4 is 40.6 Å². The Labute approximate surface area is 102 Å². The summed E-state index contributed by atoms with van der Waals surface area (Å²) in [5.41, 5.74) is 1.80. The molecule has 0 radical (unpaired) electrons. The maximum atomic E-state index is 12.3. The predicted octanol–water partition coefficient (Wildman–Crippen LogP) is 4.33. The Bertz CT molecular complexity index is 498. The van der Waals surface area contributed by atoms with Crippen LogP contribution >= 0.6 is 22.7 Å². The third-order valence-corrected chi connectivity index (χ3v) is 4.10. The minimum absolute atomic E-state index is 0.0646. The Morgan fingerprint density at radius 1 is 1.00 bits per heavy atom. The van der Waals surface area contributed by atoms with E-state index in [0.717, 1.165) is 20.9 Å². The number of carbonyl (C=O) groups excluding carboxylic acids is 1. The highest BCUT2D eigenvalue weighted by molar-refractivity contribution is 7.16. The van der Waals surface area contributed by atoms with Gasteiger partial charge in [0.2, 0.25) is 5.78 Å². The first-order valence-electron chi connectivity index (χ1n) is 4.72. The van der Waals surface area contributed by atoms with Crippen LogP contribution in [0.4, 0.5) is 0 Å². The SMILES string of the molecule is C=Cc1ccsc1C(=O)c1sccc1C=C. The van der Waals surface area contributed by atoms with Crippen LogP contribution in [-0.2, 0) is 0 Å². The topological polar surface area (TPSA) is 17.1 Å². The molecule has 16 heavy (non-hydrogen) atoms. The van der Waals surface area contributed by atoms with Gasteiger partial charge < -0.3 is 0 Å². The van der Waals surface area contributed by atoms with E-state index in [1.165, 1.54) is 22.7 Å². The number of hydrogen-bond donors (Lipinski definition) is 0. The molecule has 0 aliphatic heterocycles. The third-order valence-electron chi connectivity index (χ3n) is 2.24. The van der Waals surface area contributed by atoms with Gasteiger partial charge in [-0.1, -0.05) is 25.3 Å². The number of carbonyl (C=O) groups is 1. The molecule has 0 spiro atoms. The molecular weight excluding hydrogens is 236 g/mol. The van der Waals surface area contributed by atoms with Crippen LogP contribution in [0.2, 0.25) is 0 Å². The van der Waals surface area contributed by atoms with Gasteiger partial charge in [0.15, 0.2) is 0 Å². The maximum absolute atomic E-state index is 12.3. The van der Waals surface area contributed by atoms with Crippen LogP contribution in [0.1, 0.15) is 25.7 Å². The third kappa shape index (κ3) is 1.79. The molecule has 0 aromatic carbocycles. The molecule has 2 heterocycles. The maximum Gasteiger partial charge on any atom is 0.214 e. The van der Waals surface area contributed by atoms with E-state index in [0.29, 0.717) is 0 Å². The molecule has 0 atom stereocenters. The lowest BCUT2D eigenvalue weighted by Gasteiger charge is -1.98. The fraction of sp³-hybridized carbons (Fsp3) is 0. The molecule has 0 bridgehead atoms. The first kappa shape index (κ1) is 11.0. The Kier molecular flexibility index (Phi) is 3.17. The summed E-state index contributed by atoms with van der Waals surface area (Å²) in [5, 5.41) is 3.82. The van der Waals surface area contributed by atoms with Gasteiger partial charge in [-0.05, 0) is 34.0 Å². The molecule has 2 rings (SSSR count). The second-order valence-corrected chi connectivity index (χ2v) is 4.98. The van der Waals surface area contributed by atoms with Crippen molar-refractivity contribution in [2.75, 3.05) is 0 Å². The first-order valence-corrected chi connectivity index (χ1v) is 6.48. The van der Waals surface area contributed by atoms with Gasteiger partial charge in [-0.3, -0.25) is 4.79 Å². The average Bonchev–Trinajstić information content (AvgIpc) is 2.96. The average molecular weight is 246 g/mol. The van der Waals surface area contributed by atoms with E-state index in [1.807, 2.05) is 22.9 Å². The fourth-order valence-electron chi connectivity index (χ4n) is 1.43. The highest BCUT2D eigenvalue weighted by Gasteiger charge is 2.17. The van der Waals surface area contributed by atoms with Crippen molar-refractivity contribution in [1.82, 2.24) is 0 Å². The summed E-state index contributed by atoms with van der Waals surface area (Å²) in [6.07, 6.45) is 3.43. The summed E-state index contributed by atoms with van der Waals surface area (Å²) in [5.74, 6) is 0.0646. The van der Waals surface area contributed by atoms with E-state index in [-0.39, 0.29) is 5.78 Å². The molecule has 0 aliphatic rings. The molecular formula is C13H10OS2. The lowest BCUT2D eigenvalue weighted by atomic mass is 10.1. The molecule has 1 nitrogen and oxygen atoms in total. The van der Waals surface area contributed by atoms with Crippen molar-refractivity contribution in [1.29, 1.82) is 0 Å². The van der Waals surface area contributed by atoms with Gasteiger partial charge in [0.25, 0.3) is 0 Å². The van der Waals surface area contributed by atoms with Crippen molar-refractivity contribution in [3.63, 3.8) is 0 Å². The molecule has 0 N–H and O–H groups in total. The summed E-state index contributed by atoms with van der Waals surface area (Å²) < 4.78 is 0. The van der Waals surface area contributed by atoms with Crippen LogP contribution < -0.4 is 0 Å². The minimum Gasteiger partial charge on any atom is -0.287 e. The second kappa shape index (κ2) is 4.60. The van der Waals surface area contributed by atoms with Gasteiger partial charge in [-0.2, -0.15) is 0 Å². The number of hydrogen-bond acceptors (Lipinski definition) is 3. The standard InChI is InChI=1S/C13H10OS2/c1-3-9-5-7-15-12(9)11(14)13-10(4-2)6-8-16-13/h3-8H,1-2H2. The normalized spacial score (nSPS) is 10.0. The number of ketones is 1. The fourth-order valence-corrected chi connectivity index (χ4v) is 3.19. The molecule has 2 aromatic rings. The summed E-state index contributed by atoms with van der Waals surface area (Å²) in [7, 11) is 0. The summed E-state index contributed by atoms with van der Waals surface area (Å²) in [6, 6.07) is 3.82. The quantitative estimate of drug-likeness (QED) is 0.734. The molecule has 0 amide bonds. The van der Waals surface area contributed by atoms with Crippen LogP contribution in [-0.4, -0.2) is 5.78 Å². The van der Waals surface area contributed by atoms with E-state index in [9.17, 15) is 4.79 Å². The van der Waals surface area contributed by atoms with Crippen LogP contribution in [0.15, 0.2) is 36.1 Å². The largest absolute Gasteiger partial charge is 0.287 e. The zero-order chi connectivity index (χ0) is 11.5. The Balaban J connectivity index is 2.47. The predicted molar refractivity (Wildman–Crippen MR) is 72.3 cm³/mol. The lowest BCUT2D eigenvalue weighted by Crippen LogP contribution is -1.99. The van der Waals surface area contributed by atoms with Crippen LogP contribution in [0.5, 0.6) is 0 Å². The zero-order valence-electron chi connectivity index (χ0n) is 8.60. The summed E-state index contributed by atoms with van der Waals surface area (Å²) in [6.45, 7) is 7.42. The highest BCUT2D eigenvalue weighted by Crippen LogP contribution is 2.26. The molecule has 3 heteroatoms. The monoisotopic (exact) mass is 246 g/mol. The van der Waals surface area contributed by atoms with E-state index < -0.39 is 0 Å². The summed E-state index contributed by atoms with van der Waals surface area (Å²) in [4.78, 5) is 13.8. The first-order chi connectivity index (χ1) is 7.77. The van der Waals surface area contributed by atoms with Gasteiger partial charge in [0.05, 0.1) is 9.75 Å². The van der Waals surface area contributed by atoms with Crippen molar-refractivity contribution < 1.29 is 4.79 Å². The van der Waals surface area contributed by atoms with Crippen molar-refractivity contribution in [2.24, 2.45) is 0 Å². The van der Waals surface area contributed by atoms with Crippen LogP contribution in [0.3, 0.4) is 0 Å². The summed E-state index contributed by atoms with van der Waals surface area (Å²) >= 11 is 2.90. The zero-order valence-corrected chi connectivity index (χ0v) is 10.2. The van der Waals surface area contributed by atoms with Gasteiger partial charge in [-0.25, -0.2) is 0 Å². The van der Waals surface area contributed by atoms with Crippen molar-refractivity contribution in [3.05, 3.63) is 56.9 Å². The van der Waals surface area contributed by atoms with Gasteiger partial charge in [-0.15, -0.1) is 22.7 Å². The number of thiophene rings is 2. The number of rotatable bonds is 4. The van der Waals surface area contributed by atoms with Crippen molar-refractivity contribution in [3.8, 4) is 0 Å². The van der Waals surface area contributed by atoms with Crippen LogP contribution in [0.25, 0.3) is 12.2 Å². The Hall–Kier alpha value is -1.45. The lowest BCUT2D eigenvalue weighted by molar-refractivity contribution is 0.104. The Morgan fingerprint density at radius 2 is 1.44 bits per heavy atom. The Morgan fingerprint density at radius 3 is 1.81 bits per heavy atom. The molecule has 0 aliphatic carbocycles. The van der Waals surface area contributed by atoms with Gasteiger partial charge >= 0.3 is 0 Å². The molecule has 80 valence electrons. The van der Waals surface area contributed by atoms with E-state index >= 15 is 0 Å². The van der Waals surface area contributed by atoms with Crippen LogP contribution in [0, 0.1) is 0 Å². The van der Waals surface area contributed by atoms with E-state index in [1.54, 1.807) is 12.2 Å². The smallest absolute Gasteiger partial charge is 0.214 e.